The summed E-state index contributed by atoms with van der Waals surface area (Å²) in [5.41, 5.74) is 0. The summed E-state index contributed by atoms with van der Waals surface area (Å²) in [6.45, 7) is 2.11. The average Bonchev–Trinajstić information content (AvgIpc) is 1.83. The third-order valence-electron chi connectivity index (χ3n) is 1.13. The largest absolute Gasteiger partial charge is 0.160 e. The van der Waals surface area contributed by atoms with Crippen LogP contribution in [0.3, 0.4) is 0 Å². The monoisotopic (exact) mass is 540 g/mol. The van der Waals surface area contributed by atoms with Crippen LogP contribution in [0.5, 0.6) is 0 Å². The van der Waals surface area contributed by atoms with E-state index in [4.69, 9.17) is 0 Å². The van der Waals surface area contributed by atoms with Gasteiger partial charge in [-0.05, 0) is 6.42 Å². The van der Waals surface area contributed by atoms with Crippen LogP contribution in [0.4, 0.5) is 0 Å². The third kappa shape index (κ3) is 3.86. The molecular weight excluding hydrogens is 539 g/mol. The van der Waals surface area contributed by atoms with E-state index in [0.29, 0.717) is 4.83 Å². The third-order valence-corrected chi connectivity index (χ3v) is 11.1. The molecule has 0 N–H and O–H groups in total. The van der Waals surface area contributed by atoms with Gasteiger partial charge < -0.3 is 0 Å². The van der Waals surface area contributed by atoms with Gasteiger partial charge in [0, 0.05) is 4.83 Å². The second kappa shape index (κ2) is 5.10. The highest BCUT2D eigenvalue weighted by Gasteiger charge is 2.47. The molecule has 0 aliphatic carbocycles. The molecule has 0 aliphatic heterocycles. The molecule has 0 bridgehead atoms. The highest BCUT2D eigenvalue weighted by Crippen LogP contribution is 2.56. The lowest BCUT2D eigenvalue weighted by Gasteiger charge is -2.33. The Hall–Kier alpha value is 2.88. The van der Waals surface area contributed by atoms with Crippen molar-refractivity contribution >= 4 is 95.6 Å². The van der Waals surface area contributed by atoms with Crippen molar-refractivity contribution in [1.82, 2.24) is 0 Å². The minimum absolute atomic E-state index is 0.262. The van der Waals surface area contributed by atoms with Crippen molar-refractivity contribution in [3.63, 3.8) is 0 Å². The Balaban J connectivity index is 4.45. The molecule has 0 amide bonds. The normalized spacial score (nSPS) is 16.6. The fourth-order valence-electron chi connectivity index (χ4n) is 0.434. The van der Waals surface area contributed by atoms with Crippen LogP contribution in [0, 0.1) is 0 Å². The van der Waals surface area contributed by atoms with Gasteiger partial charge in [-0.15, -0.1) is 0 Å². The predicted molar refractivity (Wildman–Crippen MR) is 73.1 cm³/mol. The molecule has 1 atom stereocenters. The first-order chi connectivity index (χ1) is 4.73. The van der Waals surface area contributed by atoms with Crippen molar-refractivity contribution in [2.24, 2.45) is 0 Å². The molecule has 0 fully saturated rings. The van der Waals surface area contributed by atoms with Gasteiger partial charge in [-0.25, -0.2) is 0 Å². The number of hydrogen-bond acceptors (Lipinski definition) is 0. The van der Waals surface area contributed by atoms with Crippen molar-refractivity contribution in [2.45, 2.75) is 23.5 Å². The van der Waals surface area contributed by atoms with Gasteiger partial charge in [-0.2, -0.15) is 0 Å². The maximum atomic E-state index is 3.56. The summed E-state index contributed by atoms with van der Waals surface area (Å²) in [7, 11) is 0. The molecule has 1 unspecified atom stereocenters. The Morgan fingerprint density at radius 1 is 1.09 bits per heavy atom. The van der Waals surface area contributed by atoms with Crippen molar-refractivity contribution in [3.8, 4) is 0 Å². The number of alkyl halides is 6. The molecule has 6 heteroatoms. The maximum absolute atomic E-state index is 3.56. The number of halogens is 6. The molecule has 0 aromatic heterocycles. The van der Waals surface area contributed by atoms with Crippen LogP contribution in [-0.2, 0) is 0 Å². The molecule has 0 heterocycles. The lowest BCUT2D eigenvalue weighted by atomic mass is 10.3. The van der Waals surface area contributed by atoms with Crippen LogP contribution in [0.25, 0.3) is 0 Å². The second-order valence-electron chi connectivity index (χ2n) is 2.00. The molecule has 0 saturated heterocycles. The molecule has 0 aliphatic rings. The SMILES string of the molecule is CCC(Br)C(Br)(Br)C(Br)(Br)Br. The minimum atomic E-state index is -0.357. The van der Waals surface area contributed by atoms with Gasteiger partial charge in [-0.3, -0.25) is 0 Å². The van der Waals surface area contributed by atoms with E-state index in [2.05, 4.69) is 103 Å². The Kier molecular flexibility index (Phi) is 6.43. The van der Waals surface area contributed by atoms with Crippen molar-refractivity contribution in [3.05, 3.63) is 0 Å². The van der Waals surface area contributed by atoms with Crippen molar-refractivity contribution in [2.75, 3.05) is 0 Å². The van der Waals surface area contributed by atoms with E-state index in [0.717, 1.165) is 6.42 Å². The summed E-state index contributed by atoms with van der Waals surface area (Å²) >= 11 is 21.0. The minimum Gasteiger partial charge on any atom is -0.0865 e. The Morgan fingerprint density at radius 2 is 1.45 bits per heavy atom. The van der Waals surface area contributed by atoms with Crippen molar-refractivity contribution in [1.29, 1.82) is 0 Å². The van der Waals surface area contributed by atoms with Gasteiger partial charge in [-0.1, -0.05) is 103 Å². The Morgan fingerprint density at radius 3 is 1.55 bits per heavy atom. The summed E-state index contributed by atoms with van der Waals surface area (Å²) in [4.78, 5) is 0.313. The molecule has 0 spiro atoms. The first kappa shape index (κ1) is 13.9. The lowest BCUT2D eigenvalue weighted by molar-refractivity contribution is 0.788. The Bertz CT molecular complexity index is 125. The van der Waals surface area contributed by atoms with E-state index >= 15 is 0 Å². The van der Waals surface area contributed by atoms with Gasteiger partial charge in [0.05, 0.1) is 0 Å². The molecule has 68 valence electrons. The van der Waals surface area contributed by atoms with E-state index in [1.54, 1.807) is 0 Å². The first-order valence-electron chi connectivity index (χ1n) is 2.82. The first-order valence-corrected chi connectivity index (χ1v) is 7.70. The standard InChI is InChI=1S/C5H6Br6/c1-2-3(6)4(7,8)5(9,10)11/h3H,2H2,1H3. The van der Waals surface area contributed by atoms with Gasteiger partial charge in [0.1, 0.15) is 3.23 Å². The Labute approximate surface area is 117 Å². The fraction of sp³-hybridized carbons (Fsp3) is 1.00. The van der Waals surface area contributed by atoms with E-state index in [1.807, 2.05) is 0 Å². The molecule has 0 aromatic rings. The number of hydrogen-bond donors (Lipinski definition) is 0. The molecule has 0 nitrogen and oxygen atoms in total. The van der Waals surface area contributed by atoms with E-state index < -0.39 is 0 Å². The van der Waals surface area contributed by atoms with E-state index in [-0.39, 0.29) is 5.38 Å². The quantitative estimate of drug-likeness (QED) is 0.403. The highest BCUT2D eigenvalue weighted by molar-refractivity contribution is 9.41. The van der Waals surface area contributed by atoms with Gasteiger partial charge in [0.15, 0.2) is 2.14 Å². The highest BCUT2D eigenvalue weighted by atomic mass is 80.0. The van der Waals surface area contributed by atoms with Crippen LogP contribution in [0.15, 0.2) is 0 Å². The van der Waals surface area contributed by atoms with Crippen LogP contribution in [-0.4, -0.2) is 10.2 Å². The zero-order valence-corrected chi connectivity index (χ0v) is 15.1. The lowest BCUT2D eigenvalue weighted by Crippen LogP contribution is -2.37. The van der Waals surface area contributed by atoms with Gasteiger partial charge in [0.25, 0.3) is 0 Å². The smallest absolute Gasteiger partial charge is 0.0865 e. The molecule has 0 saturated carbocycles. The van der Waals surface area contributed by atoms with Crippen LogP contribution >= 0.6 is 95.6 Å². The predicted octanol–water partition coefficient (Wildman–Crippen LogP) is 5.48. The zero-order chi connectivity index (χ0) is 9.28. The van der Waals surface area contributed by atoms with Gasteiger partial charge in [0.2, 0.25) is 0 Å². The molecular formula is C5H6Br6. The summed E-state index contributed by atoms with van der Waals surface area (Å²) in [6, 6.07) is 0. The molecule has 11 heavy (non-hydrogen) atoms. The van der Waals surface area contributed by atoms with Crippen LogP contribution < -0.4 is 0 Å². The molecule has 0 rings (SSSR count). The summed E-state index contributed by atoms with van der Waals surface area (Å²) in [6.07, 6.45) is 1.01. The van der Waals surface area contributed by atoms with Gasteiger partial charge >= 0.3 is 0 Å². The second-order valence-corrected chi connectivity index (χ2v) is 13.4. The zero-order valence-electron chi connectivity index (χ0n) is 5.55. The van der Waals surface area contributed by atoms with Crippen LogP contribution in [0.1, 0.15) is 13.3 Å². The van der Waals surface area contributed by atoms with Crippen LogP contribution in [0.2, 0.25) is 0 Å². The molecule has 0 aromatic carbocycles. The summed E-state index contributed by atoms with van der Waals surface area (Å²) in [5.74, 6) is 0. The maximum Gasteiger partial charge on any atom is 0.160 e. The average molecular weight is 546 g/mol. The van der Waals surface area contributed by atoms with E-state index in [1.165, 1.54) is 0 Å². The summed E-state index contributed by atoms with van der Waals surface area (Å²) < 4.78 is -0.619. The topological polar surface area (TPSA) is 0 Å². The molecule has 0 radical (unpaired) electrons. The fourth-order valence-corrected chi connectivity index (χ4v) is 3.18. The summed E-state index contributed by atoms with van der Waals surface area (Å²) in [5, 5.41) is 0. The van der Waals surface area contributed by atoms with Crippen molar-refractivity contribution < 1.29 is 0 Å². The number of rotatable bonds is 2. The van der Waals surface area contributed by atoms with E-state index in [9.17, 15) is 0 Å².